The molecular formula is C13H12BrFN2O. The topological polar surface area (TPSA) is 34.9 Å². The first kappa shape index (κ1) is 13.0. The van der Waals surface area contributed by atoms with Gasteiger partial charge in [-0.15, -0.1) is 0 Å². The third-order valence-electron chi connectivity index (χ3n) is 2.56. The van der Waals surface area contributed by atoms with E-state index < -0.39 is 0 Å². The van der Waals surface area contributed by atoms with Gasteiger partial charge >= 0.3 is 0 Å². The number of aryl methyl sites for hydroxylation is 1. The summed E-state index contributed by atoms with van der Waals surface area (Å²) in [6.45, 7) is 2.79. The number of rotatable bonds is 4. The average Bonchev–Trinajstić information content (AvgIpc) is 2.72. The summed E-state index contributed by atoms with van der Waals surface area (Å²) in [7, 11) is 0. The first-order chi connectivity index (χ1) is 8.65. The molecule has 0 saturated heterocycles. The largest absolute Gasteiger partial charge is 0.298 e. The monoisotopic (exact) mass is 310 g/mol. The van der Waals surface area contributed by atoms with E-state index in [1.165, 1.54) is 12.1 Å². The Morgan fingerprint density at radius 1 is 1.50 bits per heavy atom. The molecule has 94 valence electrons. The van der Waals surface area contributed by atoms with Crippen LogP contribution in [0.25, 0.3) is 11.3 Å². The van der Waals surface area contributed by atoms with E-state index in [9.17, 15) is 9.18 Å². The van der Waals surface area contributed by atoms with Crippen LogP contribution in [0.2, 0.25) is 0 Å². The maximum Gasteiger partial charge on any atom is 0.153 e. The van der Waals surface area contributed by atoms with E-state index in [-0.39, 0.29) is 5.82 Å². The van der Waals surface area contributed by atoms with Gasteiger partial charge < -0.3 is 0 Å². The molecule has 0 fully saturated rings. The highest BCUT2D eigenvalue weighted by molar-refractivity contribution is 9.10. The molecule has 1 aromatic heterocycles. The lowest BCUT2D eigenvalue weighted by molar-refractivity contribution is 0.112. The van der Waals surface area contributed by atoms with Gasteiger partial charge in [0.15, 0.2) is 6.29 Å². The third kappa shape index (κ3) is 2.51. The average molecular weight is 311 g/mol. The van der Waals surface area contributed by atoms with Crippen LogP contribution < -0.4 is 0 Å². The number of nitrogens with zero attached hydrogens (tertiary/aromatic N) is 2. The van der Waals surface area contributed by atoms with Crippen molar-refractivity contribution in [3.05, 3.63) is 40.2 Å². The predicted octanol–water partition coefficient (Wildman–Crippen LogP) is 3.67. The molecule has 0 aliphatic carbocycles. The SMILES string of the molecule is CCCn1cc(C=O)c(-c2ccc(F)cc2Br)n1. The van der Waals surface area contributed by atoms with E-state index >= 15 is 0 Å². The van der Waals surface area contributed by atoms with Gasteiger partial charge in [-0.05, 0) is 40.5 Å². The normalized spacial score (nSPS) is 10.6. The summed E-state index contributed by atoms with van der Waals surface area (Å²) < 4.78 is 15.4. The Bertz CT molecular complexity index is 580. The van der Waals surface area contributed by atoms with Gasteiger partial charge in [-0.3, -0.25) is 9.48 Å². The lowest BCUT2D eigenvalue weighted by Gasteiger charge is -2.02. The number of carbonyl (C=O) groups is 1. The highest BCUT2D eigenvalue weighted by atomic mass is 79.9. The summed E-state index contributed by atoms with van der Waals surface area (Å²) in [5.74, 6) is -0.328. The standard InChI is InChI=1S/C13H12BrFN2O/c1-2-5-17-7-9(8-18)13(16-17)11-4-3-10(15)6-12(11)14/h3-4,6-8H,2,5H2,1H3. The first-order valence-electron chi connectivity index (χ1n) is 5.63. The van der Waals surface area contributed by atoms with Crippen molar-refractivity contribution >= 4 is 22.2 Å². The van der Waals surface area contributed by atoms with E-state index in [1.807, 2.05) is 6.92 Å². The van der Waals surface area contributed by atoms with Crippen LogP contribution in [0.5, 0.6) is 0 Å². The summed E-state index contributed by atoms with van der Waals surface area (Å²) in [6.07, 6.45) is 3.41. The smallest absolute Gasteiger partial charge is 0.153 e. The summed E-state index contributed by atoms with van der Waals surface area (Å²) in [4.78, 5) is 11.1. The molecule has 0 radical (unpaired) electrons. The van der Waals surface area contributed by atoms with Gasteiger partial charge in [-0.1, -0.05) is 6.92 Å². The zero-order chi connectivity index (χ0) is 13.1. The highest BCUT2D eigenvalue weighted by Crippen LogP contribution is 2.29. The van der Waals surface area contributed by atoms with Crippen LogP contribution in [0.3, 0.4) is 0 Å². The van der Waals surface area contributed by atoms with Crippen LogP contribution >= 0.6 is 15.9 Å². The maximum absolute atomic E-state index is 13.0. The minimum absolute atomic E-state index is 0.328. The van der Waals surface area contributed by atoms with Gasteiger partial charge in [0.1, 0.15) is 11.5 Å². The lowest BCUT2D eigenvalue weighted by atomic mass is 10.1. The fourth-order valence-corrected chi connectivity index (χ4v) is 2.30. The van der Waals surface area contributed by atoms with Gasteiger partial charge in [0.2, 0.25) is 0 Å². The molecule has 0 aliphatic rings. The molecule has 0 aliphatic heterocycles. The number of carbonyl (C=O) groups excluding carboxylic acids is 1. The quantitative estimate of drug-likeness (QED) is 0.808. The molecule has 1 heterocycles. The molecule has 0 atom stereocenters. The molecule has 2 rings (SSSR count). The second kappa shape index (κ2) is 5.44. The number of aldehydes is 1. The van der Waals surface area contributed by atoms with E-state index in [1.54, 1.807) is 16.9 Å². The Morgan fingerprint density at radius 2 is 2.28 bits per heavy atom. The van der Waals surface area contributed by atoms with E-state index in [2.05, 4.69) is 21.0 Å². The zero-order valence-electron chi connectivity index (χ0n) is 9.86. The minimum atomic E-state index is -0.328. The van der Waals surface area contributed by atoms with Crippen molar-refractivity contribution in [3.63, 3.8) is 0 Å². The molecule has 3 nitrogen and oxygen atoms in total. The molecule has 0 spiro atoms. The first-order valence-corrected chi connectivity index (χ1v) is 6.43. The van der Waals surface area contributed by atoms with Gasteiger partial charge in [-0.2, -0.15) is 5.10 Å². The lowest BCUT2D eigenvalue weighted by Crippen LogP contribution is -1.97. The fraction of sp³-hybridized carbons (Fsp3) is 0.231. The Hall–Kier alpha value is -1.49. The van der Waals surface area contributed by atoms with Crippen molar-refractivity contribution in [2.75, 3.05) is 0 Å². The van der Waals surface area contributed by atoms with Gasteiger partial charge in [-0.25, -0.2) is 4.39 Å². The number of aromatic nitrogens is 2. The van der Waals surface area contributed by atoms with Gasteiger partial charge in [0.05, 0.1) is 5.56 Å². The van der Waals surface area contributed by atoms with Gasteiger partial charge in [0, 0.05) is 22.8 Å². The molecular weight excluding hydrogens is 299 g/mol. The number of hydrogen-bond donors (Lipinski definition) is 0. The molecule has 0 unspecified atom stereocenters. The van der Waals surface area contributed by atoms with Crippen molar-refractivity contribution in [2.45, 2.75) is 19.9 Å². The number of benzene rings is 1. The molecule has 0 saturated carbocycles. The predicted molar refractivity (Wildman–Crippen MR) is 71.0 cm³/mol. The van der Waals surface area contributed by atoms with Crippen molar-refractivity contribution in [3.8, 4) is 11.3 Å². The molecule has 18 heavy (non-hydrogen) atoms. The zero-order valence-corrected chi connectivity index (χ0v) is 11.4. The van der Waals surface area contributed by atoms with Crippen LogP contribution in [0.15, 0.2) is 28.9 Å². The van der Waals surface area contributed by atoms with E-state index in [0.29, 0.717) is 21.3 Å². The van der Waals surface area contributed by atoms with Crippen molar-refractivity contribution in [2.24, 2.45) is 0 Å². The van der Waals surface area contributed by atoms with Crippen molar-refractivity contribution in [1.82, 2.24) is 9.78 Å². The Morgan fingerprint density at radius 3 is 2.89 bits per heavy atom. The molecule has 5 heteroatoms. The third-order valence-corrected chi connectivity index (χ3v) is 3.21. The molecule has 0 bridgehead atoms. The summed E-state index contributed by atoms with van der Waals surface area (Å²) in [5.41, 5.74) is 1.80. The molecule has 0 amide bonds. The second-order valence-corrected chi connectivity index (χ2v) is 4.79. The highest BCUT2D eigenvalue weighted by Gasteiger charge is 2.13. The summed E-state index contributed by atoms with van der Waals surface area (Å²) >= 11 is 3.29. The van der Waals surface area contributed by atoms with Crippen LogP contribution in [-0.4, -0.2) is 16.1 Å². The molecule has 2 aromatic rings. The fourth-order valence-electron chi connectivity index (χ4n) is 1.76. The summed E-state index contributed by atoms with van der Waals surface area (Å²) in [5, 5.41) is 4.36. The minimum Gasteiger partial charge on any atom is -0.298 e. The molecule has 0 N–H and O–H groups in total. The number of halogens is 2. The summed E-state index contributed by atoms with van der Waals surface area (Å²) in [6, 6.07) is 4.33. The van der Waals surface area contributed by atoms with Crippen molar-refractivity contribution in [1.29, 1.82) is 0 Å². The van der Waals surface area contributed by atoms with Crippen LogP contribution in [-0.2, 0) is 6.54 Å². The van der Waals surface area contributed by atoms with Crippen LogP contribution in [0, 0.1) is 5.82 Å². The van der Waals surface area contributed by atoms with Crippen LogP contribution in [0.1, 0.15) is 23.7 Å². The Kier molecular flexibility index (Phi) is 3.91. The van der Waals surface area contributed by atoms with Crippen molar-refractivity contribution < 1.29 is 9.18 Å². The van der Waals surface area contributed by atoms with Gasteiger partial charge in [0.25, 0.3) is 0 Å². The number of hydrogen-bond acceptors (Lipinski definition) is 2. The van der Waals surface area contributed by atoms with E-state index in [4.69, 9.17) is 0 Å². The van der Waals surface area contributed by atoms with E-state index in [0.717, 1.165) is 19.3 Å². The maximum atomic E-state index is 13.0. The Balaban J connectivity index is 2.51. The van der Waals surface area contributed by atoms with Crippen LogP contribution in [0.4, 0.5) is 4.39 Å². The molecule has 1 aromatic carbocycles. The second-order valence-electron chi connectivity index (χ2n) is 3.94. The Labute approximate surface area is 113 Å².